The van der Waals surface area contributed by atoms with Crippen LogP contribution < -0.4 is 10.2 Å². The molecule has 2 aromatic rings. The van der Waals surface area contributed by atoms with Gasteiger partial charge < -0.3 is 0 Å². The number of amides is 4. The van der Waals surface area contributed by atoms with Gasteiger partial charge in [0.05, 0.1) is 16.2 Å². The maximum Gasteiger partial charge on any atom is 0.335 e. The van der Waals surface area contributed by atoms with Crippen LogP contribution in [0.1, 0.15) is 5.56 Å². The number of carbonyl (C=O) groups excluding carboxylic acids is 3. The fourth-order valence-electron chi connectivity index (χ4n) is 2.45. The smallest absolute Gasteiger partial charge is 0.273 e. The van der Waals surface area contributed by atoms with Crippen LogP contribution in [-0.2, 0) is 9.59 Å². The van der Waals surface area contributed by atoms with Crippen LogP contribution in [0.3, 0.4) is 0 Å². The summed E-state index contributed by atoms with van der Waals surface area (Å²) >= 11 is 0. The summed E-state index contributed by atoms with van der Waals surface area (Å²) < 4.78 is 0. The molecule has 9 nitrogen and oxygen atoms in total. The molecule has 0 unspecified atom stereocenters. The van der Waals surface area contributed by atoms with Crippen molar-refractivity contribution in [3.63, 3.8) is 0 Å². The number of urea groups is 1. The SMILES string of the molecule is O=C1NC(=O)N(c2ccncc2)C(=O)/C1=C/C=C/c1ccccc1[N+](=O)[O-]. The second-order valence-electron chi connectivity index (χ2n) is 5.36. The number of nitrogens with zero attached hydrogens (tertiary/aromatic N) is 3. The number of imide groups is 2. The molecule has 134 valence electrons. The number of hydrogen-bond donors (Lipinski definition) is 1. The number of anilines is 1. The Bertz CT molecular complexity index is 998. The minimum absolute atomic E-state index is 0.111. The van der Waals surface area contributed by atoms with Gasteiger partial charge in [0.1, 0.15) is 5.57 Å². The van der Waals surface area contributed by atoms with Gasteiger partial charge in [-0.15, -0.1) is 0 Å². The number of nitrogens with one attached hydrogen (secondary N) is 1. The summed E-state index contributed by atoms with van der Waals surface area (Å²) in [6, 6.07) is 8.07. The summed E-state index contributed by atoms with van der Waals surface area (Å²) in [4.78, 5) is 51.7. The Morgan fingerprint density at radius 3 is 2.48 bits per heavy atom. The first-order valence-corrected chi connectivity index (χ1v) is 7.70. The monoisotopic (exact) mass is 364 g/mol. The molecule has 0 saturated carbocycles. The normalized spacial score (nSPS) is 16.1. The van der Waals surface area contributed by atoms with E-state index in [9.17, 15) is 24.5 Å². The lowest BCUT2D eigenvalue weighted by Gasteiger charge is -2.25. The number of carbonyl (C=O) groups is 3. The highest BCUT2D eigenvalue weighted by molar-refractivity contribution is 6.37. The van der Waals surface area contributed by atoms with E-state index in [2.05, 4.69) is 10.3 Å². The standard InChI is InChI=1S/C18H12N4O5/c23-16-14(6-3-5-12-4-1-2-7-15(12)22(26)27)17(24)21(18(25)20-16)13-8-10-19-11-9-13/h1-11H,(H,20,23,25)/b5-3+,14-6+. The Balaban J connectivity index is 1.91. The minimum atomic E-state index is -0.865. The summed E-state index contributed by atoms with van der Waals surface area (Å²) in [6.07, 6.45) is 6.76. The average Bonchev–Trinajstić information content (AvgIpc) is 2.65. The van der Waals surface area contributed by atoms with Crippen molar-refractivity contribution >= 4 is 35.3 Å². The van der Waals surface area contributed by atoms with Gasteiger partial charge in [-0.05, 0) is 30.4 Å². The van der Waals surface area contributed by atoms with Crippen molar-refractivity contribution in [2.75, 3.05) is 4.90 Å². The number of barbiturate groups is 1. The van der Waals surface area contributed by atoms with Gasteiger partial charge in [0, 0.05) is 18.5 Å². The lowest BCUT2D eigenvalue weighted by Crippen LogP contribution is -2.54. The van der Waals surface area contributed by atoms with E-state index in [1.165, 1.54) is 61.0 Å². The number of allylic oxidation sites excluding steroid dienone is 2. The van der Waals surface area contributed by atoms with E-state index >= 15 is 0 Å². The lowest BCUT2D eigenvalue weighted by atomic mass is 10.1. The summed E-state index contributed by atoms with van der Waals surface area (Å²) in [6.45, 7) is 0. The second-order valence-corrected chi connectivity index (χ2v) is 5.36. The van der Waals surface area contributed by atoms with Crippen molar-refractivity contribution in [1.82, 2.24) is 10.3 Å². The maximum absolute atomic E-state index is 12.6. The molecular formula is C18H12N4O5. The molecule has 0 atom stereocenters. The predicted molar refractivity (Wildman–Crippen MR) is 95.5 cm³/mol. The molecule has 0 radical (unpaired) electrons. The molecule has 1 aliphatic heterocycles. The third-order valence-corrected chi connectivity index (χ3v) is 3.69. The van der Waals surface area contributed by atoms with Gasteiger partial charge in [-0.3, -0.25) is 30.0 Å². The zero-order valence-electron chi connectivity index (χ0n) is 13.7. The number of nitro benzene ring substituents is 1. The van der Waals surface area contributed by atoms with Gasteiger partial charge in [0.25, 0.3) is 17.5 Å². The Kier molecular flexibility index (Phi) is 4.84. The van der Waals surface area contributed by atoms with Crippen molar-refractivity contribution in [2.45, 2.75) is 0 Å². The van der Waals surface area contributed by atoms with E-state index in [0.717, 1.165) is 4.90 Å². The van der Waals surface area contributed by atoms with E-state index < -0.39 is 22.8 Å². The Morgan fingerprint density at radius 2 is 1.78 bits per heavy atom. The zero-order chi connectivity index (χ0) is 19.4. The molecule has 0 aliphatic carbocycles. The zero-order valence-corrected chi connectivity index (χ0v) is 13.7. The molecule has 0 bridgehead atoms. The van der Waals surface area contributed by atoms with E-state index in [-0.39, 0.29) is 16.9 Å². The number of benzene rings is 1. The fourth-order valence-corrected chi connectivity index (χ4v) is 2.45. The summed E-state index contributed by atoms with van der Waals surface area (Å²) in [5, 5.41) is 13.1. The molecule has 1 N–H and O–H groups in total. The molecule has 1 fully saturated rings. The molecule has 3 rings (SSSR count). The molecule has 9 heteroatoms. The second kappa shape index (κ2) is 7.40. The molecule has 1 aliphatic rings. The number of aromatic nitrogens is 1. The van der Waals surface area contributed by atoms with Gasteiger partial charge in [0.15, 0.2) is 0 Å². The van der Waals surface area contributed by atoms with Crippen LogP contribution in [0, 0.1) is 10.1 Å². The van der Waals surface area contributed by atoms with Crippen molar-refractivity contribution < 1.29 is 19.3 Å². The average molecular weight is 364 g/mol. The molecule has 27 heavy (non-hydrogen) atoms. The highest BCUT2D eigenvalue weighted by Crippen LogP contribution is 2.21. The van der Waals surface area contributed by atoms with E-state index in [0.29, 0.717) is 5.56 Å². The summed E-state index contributed by atoms with van der Waals surface area (Å²) in [7, 11) is 0. The summed E-state index contributed by atoms with van der Waals surface area (Å²) in [5.74, 6) is -1.65. The van der Waals surface area contributed by atoms with Crippen molar-refractivity contribution in [1.29, 1.82) is 0 Å². The lowest BCUT2D eigenvalue weighted by molar-refractivity contribution is -0.385. The topological polar surface area (TPSA) is 123 Å². The van der Waals surface area contributed by atoms with Crippen LogP contribution in [0.15, 0.2) is 66.5 Å². The maximum atomic E-state index is 12.6. The van der Waals surface area contributed by atoms with E-state index in [1.807, 2.05) is 0 Å². The van der Waals surface area contributed by atoms with Crippen LogP contribution in [0.4, 0.5) is 16.2 Å². The van der Waals surface area contributed by atoms with Crippen LogP contribution in [0.25, 0.3) is 6.08 Å². The van der Waals surface area contributed by atoms with Gasteiger partial charge in [-0.2, -0.15) is 0 Å². The predicted octanol–water partition coefficient (Wildman–Crippen LogP) is 2.21. The number of nitro groups is 1. The number of pyridine rings is 1. The Morgan fingerprint density at radius 1 is 1.07 bits per heavy atom. The van der Waals surface area contributed by atoms with Crippen molar-refractivity contribution in [3.8, 4) is 0 Å². The van der Waals surface area contributed by atoms with Crippen LogP contribution in [0.2, 0.25) is 0 Å². The largest absolute Gasteiger partial charge is 0.335 e. The molecule has 1 aromatic heterocycles. The molecule has 4 amide bonds. The first-order chi connectivity index (χ1) is 13.0. The molecule has 1 saturated heterocycles. The molecular weight excluding hydrogens is 352 g/mol. The Labute approximate surface area is 152 Å². The fraction of sp³-hybridized carbons (Fsp3) is 0. The van der Waals surface area contributed by atoms with Crippen LogP contribution in [0.5, 0.6) is 0 Å². The molecule has 0 spiro atoms. The van der Waals surface area contributed by atoms with E-state index in [4.69, 9.17) is 0 Å². The number of hydrogen-bond acceptors (Lipinski definition) is 6. The highest BCUT2D eigenvalue weighted by atomic mass is 16.6. The molecule has 2 heterocycles. The van der Waals surface area contributed by atoms with Crippen LogP contribution in [-0.4, -0.2) is 27.8 Å². The van der Waals surface area contributed by atoms with Gasteiger partial charge in [-0.1, -0.05) is 18.2 Å². The third-order valence-electron chi connectivity index (χ3n) is 3.69. The minimum Gasteiger partial charge on any atom is -0.273 e. The number of rotatable bonds is 4. The Hall–Kier alpha value is -4.14. The van der Waals surface area contributed by atoms with Crippen molar-refractivity contribution in [3.05, 3.63) is 82.2 Å². The summed E-state index contributed by atoms with van der Waals surface area (Å²) in [5.41, 5.74) is 0.181. The van der Waals surface area contributed by atoms with E-state index in [1.54, 1.807) is 6.07 Å². The third kappa shape index (κ3) is 3.61. The molecule has 1 aromatic carbocycles. The number of para-hydroxylation sites is 1. The highest BCUT2D eigenvalue weighted by Gasteiger charge is 2.36. The quantitative estimate of drug-likeness (QED) is 0.384. The van der Waals surface area contributed by atoms with Crippen molar-refractivity contribution in [2.24, 2.45) is 0 Å². The van der Waals surface area contributed by atoms with Gasteiger partial charge in [-0.25, -0.2) is 9.69 Å². The van der Waals surface area contributed by atoms with Crippen LogP contribution >= 0.6 is 0 Å². The van der Waals surface area contributed by atoms with Gasteiger partial charge >= 0.3 is 6.03 Å². The first kappa shape index (κ1) is 17.7. The van der Waals surface area contributed by atoms with Gasteiger partial charge in [0.2, 0.25) is 0 Å². The first-order valence-electron chi connectivity index (χ1n) is 7.70.